The summed E-state index contributed by atoms with van der Waals surface area (Å²) < 4.78 is 0. The molecule has 33 heavy (non-hydrogen) atoms. The van der Waals surface area contributed by atoms with E-state index in [0.29, 0.717) is 21.6 Å². The van der Waals surface area contributed by atoms with Crippen LogP contribution in [0.25, 0.3) is 0 Å². The third kappa shape index (κ3) is 7.80. The van der Waals surface area contributed by atoms with E-state index in [1.807, 2.05) is 64.4 Å². The van der Waals surface area contributed by atoms with Crippen molar-refractivity contribution < 1.29 is 0 Å². The van der Waals surface area contributed by atoms with E-state index >= 15 is 0 Å². The molecule has 0 atom stereocenters. The van der Waals surface area contributed by atoms with E-state index in [-0.39, 0.29) is 0 Å². The van der Waals surface area contributed by atoms with Gasteiger partial charge in [0.05, 0.1) is 0 Å². The molecule has 0 saturated carbocycles. The zero-order chi connectivity index (χ0) is 24.2. The molecular weight excluding hydrogens is 469 g/mol. The Balaban J connectivity index is 2.55. The standard InChI is InChI=1S/C24H32N6S3/c1-5-29(6-2)23(32)27-25-21(18-12-10-9-11-13-18)22(19-14-16-20(31)17-15-19)26-28-24(33)30(7-3)8-4/h9-17,31H,5-8H2,1-4H3,(H,27,32)(H,28,33). The van der Waals surface area contributed by atoms with Gasteiger partial charge in [0.15, 0.2) is 10.2 Å². The summed E-state index contributed by atoms with van der Waals surface area (Å²) in [6.45, 7) is 11.4. The number of hydrogen-bond donors (Lipinski definition) is 3. The molecule has 0 aliphatic heterocycles. The van der Waals surface area contributed by atoms with E-state index in [2.05, 4.69) is 51.2 Å². The number of thiocarbonyl (C=S) groups is 2. The van der Waals surface area contributed by atoms with Crippen LogP contribution in [0.1, 0.15) is 38.8 Å². The first-order valence-electron chi connectivity index (χ1n) is 11.0. The van der Waals surface area contributed by atoms with Crippen molar-refractivity contribution >= 4 is 58.7 Å². The fraction of sp³-hybridized carbons (Fsp3) is 0.333. The lowest BCUT2D eigenvalue weighted by Crippen LogP contribution is -2.39. The van der Waals surface area contributed by atoms with E-state index < -0.39 is 0 Å². The predicted octanol–water partition coefficient (Wildman–Crippen LogP) is 4.52. The summed E-state index contributed by atoms with van der Waals surface area (Å²) in [5.74, 6) is 0. The smallest absolute Gasteiger partial charge is 0.189 e. The molecule has 0 heterocycles. The third-order valence-electron chi connectivity index (χ3n) is 5.04. The van der Waals surface area contributed by atoms with Crippen LogP contribution in [-0.2, 0) is 0 Å². The Bertz CT molecular complexity index is 965. The van der Waals surface area contributed by atoms with E-state index in [0.717, 1.165) is 42.2 Å². The van der Waals surface area contributed by atoms with Crippen molar-refractivity contribution in [2.75, 3.05) is 26.2 Å². The first kappa shape index (κ1) is 26.8. The molecule has 0 aromatic heterocycles. The molecule has 0 saturated heterocycles. The van der Waals surface area contributed by atoms with Gasteiger partial charge in [-0.15, -0.1) is 12.6 Å². The summed E-state index contributed by atoms with van der Waals surface area (Å²) in [7, 11) is 0. The highest BCUT2D eigenvalue weighted by molar-refractivity contribution is 7.80. The van der Waals surface area contributed by atoms with Gasteiger partial charge in [-0.3, -0.25) is 10.9 Å². The molecule has 2 aromatic carbocycles. The number of rotatable bonds is 9. The van der Waals surface area contributed by atoms with Crippen LogP contribution in [0.3, 0.4) is 0 Å². The lowest BCUT2D eigenvalue weighted by atomic mass is 10.00. The zero-order valence-electron chi connectivity index (χ0n) is 19.6. The number of nitrogens with zero attached hydrogens (tertiary/aromatic N) is 4. The molecule has 0 spiro atoms. The molecule has 9 heteroatoms. The Kier molecular flexibility index (Phi) is 11.3. The van der Waals surface area contributed by atoms with Crippen LogP contribution in [0.5, 0.6) is 0 Å². The Hall–Kier alpha value is -2.49. The normalized spacial score (nSPS) is 11.7. The zero-order valence-corrected chi connectivity index (χ0v) is 22.1. The van der Waals surface area contributed by atoms with Gasteiger partial charge < -0.3 is 9.80 Å². The molecular formula is C24H32N6S3. The molecule has 0 amide bonds. The number of nitrogens with one attached hydrogen (secondary N) is 2. The van der Waals surface area contributed by atoms with Gasteiger partial charge in [-0.25, -0.2) is 0 Å². The first-order valence-corrected chi connectivity index (χ1v) is 12.3. The van der Waals surface area contributed by atoms with Crippen molar-refractivity contribution in [1.82, 2.24) is 20.7 Å². The van der Waals surface area contributed by atoms with Gasteiger partial charge >= 0.3 is 0 Å². The van der Waals surface area contributed by atoms with Crippen LogP contribution in [0.2, 0.25) is 0 Å². The largest absolute Gasteiger partial charge is 0.348 e. The molecule has 0 aliphatic carbocycles. The van der Waals surface area contributed by atoms with E-state index in [4.69, 9.17) is 34.6 Å². The molecule has 0 aliphatic rings. The summed E-state index contributed by atoms with van der Waals surface area (Å²) in [5.41, 5.74) is 9.17. The highest BCUT2D eigenvalue weighted by Gasteiger charge is 2.17. The highest BCUT2D eigenvalue weighted by atomic mass is 32.1. The third-order valence-corrected chi connectivity index (χ3v) is 6.04. The molecule has 0 radical (unpaired) electrons. The summed E-state index contributed by atoms with van der Waals surface area (Å²) in [6, 6.07) is 17.7. The van der Waals surface area contributed by atoms with Gasteiger partial charge in [0.1, 0.15) is 11.4 Å². The minimum atomic E-state index is 0.558. The lowest BCUT2D eigenvalue weighted by Gasteiger charge is -2.22. The topological polar surface area (TPSA) is 55.3 Å². The number of thiol groups is 1. The average Bonchev–Trinajstić information content (AvgIpc) is 2.84. The SMILES string of the molecule is CCN(CC)C(=S)NN=C(C(=NNC(=S)N(CC)CC)c1ccc(S)cc1)c1ccccc1. The maximum atomic E-state index is 5.55. The number of hydrazone groups is 2. The van der Waals surface area contributed by atoms with Crippen LogP contribution >= 0.6 is 37.1 Å². The number of benzene rings is 2. The molecule has 176 valence electrons. The van der Waals surface area contributed by atoms with Crippen LogP contribution in [-0.4, -0.2) is 57.6 Å². The van der Waals surface area contributed by atoms with Gasteiger partial charge in [0.25, 0.3) is 0 Å². The summed E-state index contributed by atoms with van der Waals surface area (Å²) >= 11 is 15.5. The predicted molar refractivity (Wildman–Crippen MR) is 151 cm³/mol. The Labute approximate surface area is 213 Å². The maximum Gasteiger partial charge on any atom is 0.189 e. The Morgan fingerprint density at radius 2 is 1.09 bits per heavy atom. The molecule has 0 bridgehead atoms. The van der Waals surface area contributed by atoms with Gasteiger partial charge in [0, 0.05) is 42.2 Å². The van der Waals surface area contributed by atoms with Gasteiger partial charge in [-0.05, 0) is 64.3 Å². The monoisotopic (exact) mass is 500 g/mol. The van der Waals surface area contributed by atoms with Crippen molar-refractivity contribution in [3.63, 3.8) is 0 Å². The van der Waals surface area contributed by atoms with E-state index in [1.54, 1.807) is 0 Å². The Morgan fingerprint density at radius 3 is 1.48 bits per heavy atom. The van der Waals surface area contributed by atoms with E-state index in [9.17, 15) is 0 Å². The second-order valence-corrected chi connectivity index (χ2v) is 8.30. The minimum Gasteiger partial charge on any atom is -0.348 e. The summed E-state index contributed by atoms with van der Waals surface area (Å²) in [6.07, 6.45) is 0. The number of hydrogen-bond acceptors (Lipinski definition) is 5. The van der Waals surface area contributed by atoms with E-state index in [1.165, 1.54) is 0 Å². The van der Waals surface area contributed by atoms with Crippen LogP contribution in [0.15, 0.2) is 69.7 Å². The summed E-state index contributed by atoms with van der Waals surface area (Å²) in [5, 5.41) is 10.5. The quantitative estimate of drug-likeness (QED) is 0.204. The molecule has 0 fully saturated rings. The van der Waals surface area contributed by atoms with Crippen LogP contribution < -0.4 is 10.9 Å². The van der Waals surface area contributed by atoms with Crippen molar-refractivity contribution in [2.24, 2.45) is 10.2 Å². The van der Waals surface area contributed by atoms with Gasteiger partial charge in [-0.1, -0.05) is 42.5 Å². The Morgan fingerprint density at radius 1 is 0.697 bits per heavy atom. The fourth-order valence-corrected chi connectivity index (χ4v) is 3.85. The average molecular weight is 501 g/mol. The van der Waals surface area contributed by atoms with Crippen LogP contribution in [0.4, 0.5) is 0 Å². The molecule has 6 nitrogen and oxygen atoms in total. The first-order chi connectivity index (χ1) is 15.9. The fourth-order valence-electron chi connectivity index (χ4n) is 3.09. The van der Waals surface area contributed by atoms with Crippen LogP contribution in [0, 0.1) is 0 Å². The maximum absolute atomic E-state index is 5.55. The molecule has 0 unspecified atom stereocenters. The lowest BCUT2D eigenvalue weighted by molar-refractivity contribution is 0.457. The van der Waals surface area contributed by atoms with Crippen molar-refractivity contribution in [2.45, 2.75) is 32.6 Å². The van der Waals surface area contributed by atoms with Crippen molar-refractivity contribution in [3.05, 3.63) is 65.7 Å². The van der Waals surface area contributed by atoms with Crippen molar-refractivity contribution in [3.8, 4) is 0 Å². The van der Waals surface area contributed by atoms with Gasteiger partial charge in [0.2, 0.25) is 0 Å². The van der Waals surface area contributed by atoms with Gasteiger partial charge in [-0.2, -0.15) is 10.2 Å². The van der Waals surface area contributed by atoms with Crippen molar-refractivity contribution in [1.29, 1.82) is 0 Å². The highest BCUT2D eigenvalue weighted by Crippen LogP contribution is 2.13. The molecule has 2 rings (SSSR count). The summed E-state index contributed by atoms with van der Waals surface area (Å²) in [4.78, 5) is 4.92. The second-order valence-electron chi connectivity index (χ2n) is 7.01. The minimum absolute atomic E-state index is 0.558. The second kappa shape index (κ2) is 13.9. The molecule has 2 aromatic rings. The molecule has 2 N–H and O–H groups in total.